The normalized spacial score (nSPS) is 16.0. The third-order valence-corrected chi connectivity index (χ3v) is 4.86. The summed E-state index contributed by atoms with van der Waals surface area (Å²) in [5.41, 5.74) is 9.50. The van der Waals surface area contributed by atoms with Crippen LogP contribution in [0.1, 0.15) is 22.6 Å². The molecule has 1 atom stereocenters. The van der Waals surface area contributed by atoms with Crippen molar-refractivity contribution in [2.75, 3.05) is 7.11 Å². The summed E-state index contributed by atoms with van der Waals surface area (Å²) in [6.45, 7) is 1.99. The molecule has 3 aromatic rings. The summed E-state index contributed by atoms with van der Waals surface area (Å²) in [5, 5.41) is 11.8. The molecular formula is C22H18N2O2. The van der Waals surface area contributed by atoms with Gasteiger partial charge in [-0.2, -0.15) is 5.26 Å². The second-order valence-electron chi connectivity index (χ2n) is 6.36. The van der Waals surface area contributed by atoms with Crippen molar-refractivity contribution in [3.8, 4) is 17.6 Å². The molecule has 1 heterocycles. The number of benzene rings is 3. The fourth-order valence-electron chi connectivity index (χ4n) is 3.61. The first-order valence-corrected chi connectivity index (χ1v) is 8.37. The summed E-state index contributed by atoms with van der Waals surface area (Å²) in [6.07, 6.45) is 0. The highest BCUT2D eigenvalue weighted by Crippen LogP contribution is 2.45. The van der Waals surface area contributed by atoms with Crippen LogP contribution in [0.2, 0.25) is 0 Å². The molecule has 128 valence electrons. The number of methoxy groups -OCH3 is 1. The van der Waals surface area contributed by atoms with Crippen LogP contribution in [0.3, 0.4) is 0 Å². The smallest absolute Gasteiger partial charge is 0.205 e. The third-order valence-electron chi connectivity index (χ3n) is 4.86. The molecule has 4 nitrogen and oxygen atoms in total. The second-order valence-corrected chi connectivity index (χ2v) is 6.36. The van der Waals surface area contributed by atoms with Crippen molar-refractivity contribution in [3.63, 3.8) is 0 Å². The Morgan fingerprint density at radius 2 is 1.92 bits per heavy atom. The molecular weight excluding hydrogens is 324 g/mol. The van der Waals surface area contributed by atoms with Crippen molar-refractivity contribution in [3.05, 3.63) is 82.7 Å². The Balaban J connectivity index is 1.98. The van der Waals surface area contributed by atoms with E-state index in [2.05, 4.69) is 12.1 Å². The summed E-state index contributed by atoms with van der Waals surface area (Å²) >= 11 is 0. The summed E-state index contributed by atoms with van der Waals surface area (Å²) < 4.78 is 11.2. The maximum atomic E-state index is 9.71. The highest BCUT2D eigenvalue weighted by molar-refractivity contribution is 5.90. The topological polar surface area (TPSA) is 68.3 Å². The fourth-order valence-corrected chi connectivity index (χ4v) is 3.61. The molecule has 0 bridgehead atoms. The van der Waals surface area contributed by atoms with Crippen LogP contribution in [-0.4, -0.2) is 7.11 Å². The van der Waals surface area contributed by atoms with Gasteiger partial charge in [0, 0.05) is 10.9 Å². The molecule has 26 heavy (non-hydrogen) atoms. The van der Waals surface area contributed by atoms with Crippen LogP contribution in [0.5, 0.6) is 11.5 Å². The summed E-state index contributed by atoms with van der Waals surface area (Å²) in [4.78, 5) is 0. The zero-order valence-electron chi connectivity index (χ0n) is 14.6. The first-order chi connectivity index (χ1) is 12.6. The zero-order valence-corrected chi connectivity index (χ0v) is 14.6. The van der Waals surface area contributed by atoms with Gasteiger partial charge in [-0.25, -0.2) is 0 Å². The van der Waals surface area contributed by atoms with Crippen molar-refractivity contribution in [2.24, 2.45) is 5.73 Å². The molecule has 0 fully saturated rings. The second kappa shape index (κ2) is 6.12. The summed E-state index contributed by atoms with van der Waals surface area (Å²) in [5.74, 6) is 1.43. The average Bonchev–Trinajstić information content (AvgIpc) is 2.66. The lowest BCUT2D eigenvalue weighted by molar-refractivity contribution is 0.398. The molecule has 4 rings (SSSR count). The van der Waals surface area contributed by atoms with E-state index in [4.69, 9.17) is 15.2 Å². The van der Waals surface area contributed by atoms with Gasteiger partial charge in [0.05, 0.1) is 13.0 Å². The highest BCUT2D eigenvalue weighted by Gasteiger charge is 2.31. The van der Waals surface area contributed by atoms with Gasteiger partial charge in [0.2, 0.25) is 5.88 Å². The molecule has 3 aromatic carbocycles. The monoisotopic (exact) mass is 342 g/mol. The number of fused-ring (bicyclic) bond motifs is 3. The fraction of sp³-hybridized carbons (Fsp3) is 0.136. The maximum absolute atomic E-state index is 9.71. The van der Waals surface area contributed by atoms with Crippen LogP contribution >= 0.6 is 0 Å². The van der Waals surface area contributed by atoms with Crippen molar-refractivity contribution in [2.45, 2.75) is 12.8 Å². The van der Waals surface area contributed by atoms with E-state index in [9.17, 15) is 5.26 Å². The van der Waals surface area contributed by atoms with Crippen LogP contribution in [0.4, 0.5) is 0 Å². The van der Waals surface area contributed by atoms with Crippen molar-refractivity contribution in [1.29, 1.82) is 5.26 Å². The Morgan fingerprint density at radius 3 is 2.65 bits per heavy atom. The summed E-state index contributed by atoms with van der Waals surface area (Å²) in [7, 11) is 1.65. The molecule has 0 radical (unpaired) electrons. The van der Waals surface area contributed by atoms with E-state index in [0.29, 0.717) is 5.57 Å². The van der Waals surface area contributed by atoms with Gasteiger partial charge in [0.25, 0.3) is 0 Å². The number of rotatable bonds is 2. The quantitative estimate of drug-likeness (QED) is 0.750. The molecule has 2 N–H and O–H groups in total. The van der Waals surface area contributed by atoms with Gasteiger partial charge >= 0.3 is 0 Å². The number of hydrogen-bond acceptors (Lipinski definition) is 4. The molecule has 0 amide bonds. The van der Waals surface area contributed by atoms with E-state index in [0.717, 1.165) is 39.0 Å². The third kappa shape index (κ3) is 2.37. The first kappa shape index (κ1) is 16.0. The lowest BCUT2D eigenvalue weighted by Gasteiger charge is -2.27. The molecule has 1 aliphatic heterocycles. The van der Waals surface area contributed by atoms with E-state index in [-0.39, 0.29) is 11.8 Å². The van der Waals surface area contributed by atoms with Gasteiger partial charge in [0.15, 0.2) is 0 Å². The summed E-state index contributed by atoms with van der Waals surface area (Å²) in [6, 6.07) is 20.3. The Morgan fingerprint density at radius 1 is 1.12 bits per heavy atom. The molecule has 4 heteroatoms. The number of ether oxygens (including phenoxy) is 2. The molecule has 0 aromatic heterocycles. The van der Waals surface area contributed by atoms with Gasteiger partial charge in [-0.1, -0.05) is 48.5 Å². The molecule has 0 saturated carbocycles. The van der Waals surface area contributed by atoms with Crippen LogP contribution in [-0.2, 0) is 0 Å². The highest BCUT2D eigenvalue weighted by atomic mass is 16.5. The lowest BCUT2D eigenvalue weighted by atomic mass is 9.82. The largest absolute Gasteiger partial charge is 0.496 e. The van der Waals surface area contributed by atoms with E-state index in [1.165, 1.54) is 0 Å². The molecule has 1 unspecified atom stereocenters. The maximum Gasteiger partial charge on any atom is 0.205 e. The van der Waals surface area contributed by atoms with Gasteiger partial charge < -0.3 is 15.2 Å². The molecule has 1 aliphatic rings. The van der Waals surface area contributed by atoms with E-state index < -0.39 is 0 Å². The molecule has 0 saturated heterocycles. The minimum atomic E-state index is -0.266. The van der Waals surface area contributed by atoms with Crippen LogP contribution in [0.25, 0.3) is 10.8 Å². The van der Waals surface area contributed by atoms with Gasteiger partial charge in [-0.15, -0.1) is 0 Å². The minimum Gasteiger partial charge on any atom is -0.496 e. The zero-order chi connectivity index (χ0) is 18.3. The first-order valence-electron chi connectivity index (χ1n) is 8.37. The number of hydrogen-bond donors (Lipinski definition) is 1. The van der Waals surface area contributed by atoms with Crippen LogP contribution < -0.4 is 15.2 Å². The predicted octanol–water partition coefficient (Wildman–Crippen LogP) is 4.38. The number of aryl methyl sites for hydroxylation is 1. The van der Waals surface area contributed by atoms with Gasteiger partial charge in [-0.3, -0.25) is 0 Å². The molecule has 0 aliphatic carbocycles. The van der Waals surface area contributed by atoms with Crippen LogP contribution in [0, 0.1) is 18.3 Å². The minimum absolute atomic E-state index is 0.162. The Hall–Kier alpha value is -3.45. The van der Waals surface area contributed by atoms with E-state index in [1.54, 1.807) is 7.11 Å². The van der Waals surface area contributed by atoms with Crippen LogP contribution in [0.15, 0.2) is 66.1 Å². The van der Waals surface area contributed by atoms with Crippen molar-refractivity contribution < 1.29 is 9.47 Å². The number of nitriles is 1. The SMILES string of the molecule is COc1ccc(C2C(C#N)=C(N)Oc3c2ccc2ccccc32)cc1C. The number of nitrogens with two attached hydrogens (primary N) is 1. The van der Waals surface area contributed by atoms with E-state index in [1.807, 2.05) is 55.5 Å². The Kier molecular flexibility index (Phi) is 3.78. The van der Waals surface area contributed by atoms with Gasteiger partial charge in [0.1, 0.15) is 23.1 Å². The standard InChI is InChI=1S/C22H18N2O2/c1-13-11-15(8-10-19(13)25-2)20-17-9-7-14-5-3-4-6-16(14)21(17)26-22(24)18(20)12-23/h3-11,20H,24H2,1-2H3. The van der Waals surface area contributed by atoms with Crippen molar-refractivity contribution in [1.82, 2.24) is 0 Å². The average molecular weight is 342 g/mol. The Labute approximate surface area is 152 Å². The number of allylic oxidation sites excluding steroid dienone is 1. The van der Waals surface area contributed by atoms with E-state index >= 15 is 0 Å². The van der Waals surface area contributed by atoms with Gasteiger partial charge in [-0.05, 0) is 29.5 Å². The van der Waals surface area contributed by atoms with Crippen molar-refractivity contribution >= 4 is 10.8 Å². The predicted molar refractivity (Wildman–Crippen MR) is 101 cm³/mol. The molecule has 0 spiro atoms. The Bertz CT molecular complexity index is 1090. The lowest BCUT2D eigenvalue weighted by Crippen LogP contribution is -2.21. The number of nitrogens with zero attached hydrogens (tertiary/aromatic N) is 1.